The van der Waals surface area contributed by atoms with Crippen molar-refractivity contribution in [3.8, 4) is 5.75 Å². The molecule has 0 aliphatic carbocycles. The van der Waals surface area contributed by atoms with Crippen molar-refractivity contribution in [3.05, 3.63) is 36.4 Å². The number of fused-ring (bicyclic) bond motifs is 3. The third kappa shape index (κ3) is 1.47. The summed E-state index contributed by atoms with van der Waals surface area (Å²) >= 11 is 0. The van der Waals surface area contributed by atoms with Crippen molar-refractivity contribution in [2.24, 2.45) is 0 Å². The lowest BCUT2D eigenvalue weighted by atomic mass is 10.1. The molecule has 0 bridgehead atoms. The molecule has 3 rings (SSSR count). The van der Waals surface area contributed by atoms with Crippen LogP contribution in [0.5, 0.6) is 5.75 Å². The number of H-pyrrole nitrogens is 1. The van der Waals surface area contributed by atoms with Crippen LogP contribution in [0.3, 0.4) is 0 Å². The van der Waals surface area contributed by atoms with Gasteiger partial charge in [0, 0.05) is 21.8 Å². The van der Waals surface area contributed by atoms with Crippen LogP contribution in [0.2, 0.25) is 0 Å². The Bertz CT molecular complexity index is 864. The number of aromatic hydroxyl groups is 1. The molecular formula is C12H9NO4S. The standard InChI is InChI=1S/C12H9NO4S/c14-10-6-5-9-11(12(10)18(15,16)17)7-3-1-2-4-8(7)13-9/h1-6,13-14H,(H,15,16,17). The number of para-hydroxylation sites is 1. The molecule has 0 saturated carbocycles. The fourth-order valence-corrected chi connectivity index (χ4v) is 2.97. The summed E-state index contributed by atoms with van der Waals surface area (Å²) in [6.45, 7) is 0. The molecule has 1 heterocycles. The molecule has 2 aromatic carbocycles. The molecule has 92 valence electrons. The van der Waals surface area contributed by atoms with E-state index >= 15 is 0 Å². The molecule has 0 spiro atoms. The predicted molar refractivity (Wildman–Crippen MR) is 67.3 cm³/mol. The Hall–Kier alpha value is -2.05. The quantitative estimate of drug-likeness (QED) is 0.587. The van der Waals surface area contributed by atoms with Gasteiger partial charge in [-0.1, -0.05) is 18.2 Å². The zero-order chi connectivity index (χ0) is 12.9. The Labute approximate surface area is 102 Å². The molecule has 0 aliphatic rings. The summed E-state index contributed by atoms with van der Waals surface area (Å²) < 4.78 is 32.0. The van der Waals surface area contributed by atoms with Gasteiger partial charge in [0.15, 0.2) is 0 Å². The number of hydrogen-bond acceptors (Lipinski definition) is 3. The van der Waals surface area contributed by atoms with E-state index in [0.29, 0.717) is 16.3 Å². The predicted octanol–water partition coefficient (Wildman–Crippen LogP) is 2.27. The topological polar surface area (TPSA) is 90.4 Å². The second-order valence-electron chi connectivity index (χ2n) is 3.98. The molecule has 3 aromatic rings. The maximum absolute atomic E-state index is 11.4. The molecule has 0 saturated heterocycles. The summed E-state index contributed by atoms with van der Waals surface area (Å²) in [5.74, 6) is -0.463. The van der Waals surface area contributed by atoms with Crippen LogP contribution in [0.25, 0.3) is 21.8 Å². The van der Waals surface area contributed by atoms with E-state index in [1.807, 2.05) is 6.07 Å². The van der Waals surface area contributed by atoms with Crippen LogP contribution in [-0.2, 0) is 10.1 Å². The van der Waals surface area contributed by atoms with E-state index in [2.05, 4.69) is 4.98 Å². The van der Waals surface area contributed by atoms with Crippen molar-refractivity contribution in [1.29, 1.82) is 0 Å². The normalized spacial score (nSPS) is 12.3. The Morgan fingerprint density at radius 2 is 1.72 bits per heavy atom. The highest BCUT2D eigenvalue weighted by molar-refractivity contribution is 7.86. The Kier molecular flexibility index (Phi) is 2.13. The van der Waals surface area contributed by atoms with E-state index in [-0.39, 0.29) is 0 Å². The molecule has 0 fully saturated rings. The number of aromatic nitrogens is 1. The lowest BCUT2D eigenvalue weighted by Crippen LogP contribution is -1.99. The maximum atomic E-state index is 11.4. The molecule has 0 atom stereocenters. The number of hydrogen-bond donors (Lipinski definition) is 3. The minimum Gasteiger partial charge on any atom is -0.506 e. The van der Waals surface area contributed by atoms with Gasteiger partial charge in [0.25, 0.3) is 10.1 Å². The van der Waals surface area contributed by atoms with Crippen LogP contribution in [0.4, 0.5) is 0 Å². The van der Waals surface area contributed by atoms with Gasteiger partial charge in [0.05, 0.1) is 0 Å². The number of nitrogens with one attached hydrogen (secondary N) is 1. The molecule has 18 heavy (non-hydrogen) atoms. The second kappa shape index (κ2) is 3.47. The first kappa shape index (κ1) is 11.1. The summed E-state index contributed by atoms with van der Waals surface area (Å²) in [5, 5.41) is 10.6. The Morgan fingerprint density at radius 1 is 1.00 bits per heavy atom. The van der Waals surface area contributed by atoms with Crippen LogP contribution < -0.4 is 0 Å². The fraction of sp³-hybridized carbons (Fsp3) is 0. The van der Waals surface area contributed by atoms with Crippen LogP contribution >= 0.6 is 0 Å². The molecule has 0 aliphatic heterocycles. The van der Waals surface area contributed by atoms with Crippen LogP contribution in [0, 0.1) is 0 Å². The number of benzene rings is 2. The zero-order valence-corrected chi connectivity index (χ0v) is 9.90. The maximum Gasteiger partial charge on any atom is 0.298 e. The van der Waals surface area contributed by atoms with Crippen LogP contribution in [0.1, 0.15) is 0 Å². The first-order valence-corrected chi connectivity index (χ1v) is 6.62. The van der Waals surface area contributed by atoms with Crippen molar-refractivity contribution >= 4 is 31.9 Å². The molecule has 5 nitrogen and oxygen atoms in total. The Balaban J connectivity index is 2.65. The number of rotatable bonds is 1. The first-order valence-electron chi connectivity index (χ1n) is 5.18. The van der Waals surface area contributed by atoms with E-state index in [0.717, 1.165) is 5.52 Å². The number of phenols is 1. The van der Waals surface area contributed by atoms with Crippen molar-refractivity contribution in [2.45, 2.75) is 4.90 Å². The van der Waals surface area contributed by atoms with E-state index in [1.54, 1.807) is 24.3 Å². The smallest absolute Gasteiger partial charge is 0.298 e. The van der Waals surface area contributed by atoms with Gasteiger partial charge < -0.3 is 10.1 Å². The van der Waals surface area contributed by atoms with Crippen LogP contribution in [0.15, 0.2) is 41.3 Å². The molecular weight excluding hydrogens is 254 g/mol. The molecule has 0 unspecified atom stereocenters. The zero-order valence-electron chi connectivity index (χ0n) is 9.08. The minimum absolute atomic E-state index is 0.299. The van der Waals surface area contributed by atoms with E-state index in [4.69, 9.17) is 0 Å². The van der Waals surface area contributed by atoms with Crippen molar-refractivity contribution < 1.29 is 18.1 Å². The summed E-state index contributed by atoms with van der Waals surface area (Å²) in [5.41, 5.74) is 1.28. The minimum atomic E-state index is -4.49. The highest BCUT2D eigenvalue weighted by atomic mass is 32.2. The highest BCUT2D eigenvalue weighted by Gasteiger charge is 2.22. The molecule has 1 aromatic heterocycles. The molecule has 0 amide bonds. The summed E-state index contributed by atoms with van der Waals surface area (Å²) in [4.78, 5) is 2.57. The van der Waals surface area contributed by atoms with Crippen molar-refractivity contribution in [2.75, 3.05) is 0 Å². The van der Waals surface area contributed by atoms with Gasteiger partial charge in [0.1, 0.15) is 10.6 Å². The van der Waals surface area contributed by atoms with Gasteiger partial charge in [-0.3, -0.25) is 4.55 Å². The molecule has 0 radical (unpaired) electrons. The van der Waals surface area contributed by atoms with E-state index in [9.17, 15) is 18.1 Å². The molecule has 3 N–H and O–H groups in total. The van der Waals surface area contributed by atoms with Crippen LogP contribution in [-0.4, -0.2) is 23.1 Å². The largest absolute Gasteiger partial charge is 0.506 e. The average Bonchev–Trinajstić information content (AvgIpc) is 2.66. The van der Waals surface area contributed by atoms with Crippen molar-refractivity contribution in [3.63, 3.8) is 0 Å². The monoisotopic (exact) mass is 263 g/mol. The lowest BCUT2D eigenvalue weighted by Gasteiger charge is -2.03. The summed E-state index contributed by atoms with van der Waals surface area (Å²) in [6, 6.07) is 9.89. The van der Waals surface area contributed by atoms with Gasteiger partial charge in [0.2, 0.25) is 0 Å². The number of aromatic amines is 1. The lowest BCUT2D eigenvalue weighted by molar-refractivity contribution is 0.446. The van der Waals surface area contributed by atoms with Gasteiger partial charge in [-0.05, 0) is 18.2 Å². The van der Waals surface area contributed by atoms with Gasteiger partial charge in [-0.25, -0.2) is 0 Å². The molecule has 6 heteroatoms. The Morgan fingerprint density at radius 3 is 2.44 bits per heavy atom. The fourth-order valence-electron chi connectivity index (χ4n) is 2.16. The van der Waals surface area contributed by atoms with Gasteiger partial charge in [-0.2, -0.15) is 8.42 Å². The van der Waals surface area contributed by atoms with Crippen molar-refractivity contribution in [1.82, 2.24) is 4.98 Å². The van der Waals surface area contributed by atoms with E-state index < -0.39 is 20.8 Å². The van der Waals surface area contributed by atoms with E-state index in [1.165, 1.54) is 6.07 Å². The van der Waals surface area contributed by atoms with Gasteiger partial charge >= 0.3 is 0 Å². The van der Waals surface area contributed by atoms with Gasteiger partial charge in [-0.15, -0.1) is 0 Å². The summed E-state index contributed by atoms with van der Waals surface area (Å²) in [7, 11) is -4.49. The third-order valence-corrected chi connectivity index (χ3v) is 3.79. The highest BCUT2D eigenvalue weighted by Crippen LogP contribution is 2.36. The second-order valence-corrected chi connectivity index (χ2v) is 5.34. The average molecular weight is 263 g/mol. The third-order valence-electron chi connectivity index (χ3n) is 2.86. The number of phenolic OH excluding ortho intramolecular Hbond substituents is 1. The summed E-state index contributed by atoms with van der Waals surface area (Å²) in [6.07, 6.45) is 0. The first-order chi connectivity index (χ1) is 8.48. The SMILES string of the molecule is O=S(=O)(O)c1c(O)ccc2[nH]c3ccccc3c12.